The van der Waals surface area contributed by atoms with Gasteiger partial charge in [0.2, 0.25) is 0 Å². The summed E-state index contributed by atoms with van der Waals surface area (Å²) in [4.78, 5) is 16.2. The van der Waals surface area contributed by atoms with Crippen LogP contribution in [-0.4, -0.2) is 37.3 Å². The standard InChI is InChI=1S/C11H15F3N2O2S/c1-3-18-9(17)5-4-8-6-19-10(15-8)16(2)7-11(12,13)14/h6H,3-5,7H2,1-2H3. The third-order valence-corrected chi connectivity index (χ3v) is 3.18. The summed E-state index contributed by atoms with van der Waals surface area (Å²) in [7, 11) is 1.33. The number of ether oxygens (including phenoxy) is 1. The van der Waals surface area contributed by atoms with E-state index in [1.165, 1.54) is 7.05 Å². The van der Waals surface area contributed by atoms with Gasteiger partial charge in [-0.3, -0.25) is 4.79 Å². The molecule has 1 aromatic heterocycles. The van der Waals surface area contributed by atoms with Crippen molar-refractivity contribution >= 4 is 22.4 Å². The molecule has 8 heteroatoms. The molecule has 0 radical (unpaired) electrons. The number of thiazole rings is 1. The molecule has 108 valence electrons. The largest absolute Gasteiger partial charge is 0.466 e. The molecular formula is C11H15F3N2O2S. The van der Waals surface area contributed by atoms with E-state index in [1.807, 2.05) is 0 Å². The van der Waals surface area contributed by atoms with Crippen molar-refractivity contribution in [1.29, 1.82) is 0 Å². The van der Waals surface area contributed by atoms with Crippen molar-refractivity contribution < 1.29 is 22.7 Å². The molecule has 1 heterocycles. The zero-order valence-electron chi connectivity index (χ0n) is 10.7. The molecule has 1 rings (SSSR count). The Bertz CT molecular complexity index is 420. The molecule has 4 nitrogen and oxygen atoms in total. The second-order valence-corrected chi connectivity index (χ2v) is 4.73. The molecule has 0 N–H and O–H groups in total. The van der Waals surface area contributed by atoms with Crippen molar-refractivity contribution in [1.82, 2.24) is 4.98 Å². The van der Waals surface area contributed by atoms with E-state index in [2.05, 4.69) is 4.98 Å². The first kappa shape index (κ1) is 15.7. The monoisotopic (exact) mass is 296 g/mol. The van der Waals surface area contributed by atoms with Crippen LogP contribution in [0.25, 0.3) is 0 Å². The normalized spacial score (nSPS) is 11.4. The Morgan fingerprint density at radius 3 is 2.79 bits per heavy atom. The Kier molecular flexibility index (Phi) is 5.59. The summed E-state index contributed by atoms with van der Waals surface area (Å²) in [6.07, 6.45) is -3.71. The van der Waals surface area contributed by atoms with Gasteiger partial charge >= 0.3 is 12.1 Å². The Morgan fingerprint density at radius 2 is 2.21 bits per heavy atom. The van der Waals surface area contributed by atoms with Gasteiger partial charge in [-0.15, -0.1) is 11.3 Å². The van der Waals surface area contributed by atoms with Gasteiger partial charge in [-0.05, 0) is 6.92 Å². The van der Waals surface area contributed by atoms with Crippen LogP contribution in [0.15, 0.2) is 5.38 Å². The lowest BCUT2D eigenvalue weighted by atomic mass is 10.2. The molecule has 0 fully saturated rings. The molecule has 0 aliphatic rings. The number of anilines is 1. The Balaban J connectivity index is 2.50. The van der Waals surface area contributed by atoms with Crippen LogP contribution < -0.4 is 4.90 Å². The highest BCUT2D eigenvalue weighted by atomic mass is 32.1. The number of carbonyl (C=O) groups is 1. The van der Waals surface area contributed by atoms with E-state index in [0.29, 0.717) is 18.7 Å². The third-order valence-electron chi connectivity index (χ3n) is 2.17. The lowest BCUT2D eigenvalue weighted by Crippen LogP contribution is -2.30. The topological polar surface area (TPSA) is 42.4 Å². The number of hydrogen-bond acceptors (Lipinski definition) is 5. The van der Waals surface area contributed by atoms with Crippen LogP contribution in [0.1, 0.15) is 19.0 Å². The van der Waals surface area contributed by atoms with E-state index in [0.717, 1.165) is 16.2 Å². The van der Waals surface area contributed by atoms with Gasteiger partial charge in [-0.2, -0.15) is 13.2 Å². The Hall–Kier alpha value is -1.31. The molecule has 0 aliphatic carbocycles. The highest BCUT2D eigenvalue weighted by Crippen LogP contribution is 2.24. The fraction of sp³-hybridized carbons (Fsp3) is 0.636. The maximum Gasteiger partial charge on any atom is 0.405 e. The maximum absolute atomic E-state index is 12.2. The van der Waals surface area contributed by atoms with Crippen LogP contribution in [0.4, 0.5) is 18.3 Å². The van der Waals surface area contributed by atoms with E-state index in [4.69, 9.17) is 4.74 Å². The first-order valence-corrected chi connectivity index (χ1v) is 6.57. The van der Waals surface area contributed by atoms with E-state index in [9.17, 15) is 18.0 Å². The number of aryl methyl sites for hydroxylation is 1. The van der Waals surface area contributed by atoms with Crippen LogP contribution in [0.2, 0.25) is 0 Å². The third kappa shape index (κ3) is 5.91. The smallest absolute Gasteiger partial charge is 0.405 e. The molecule has 0 unspecified atom stereocenters. The van der Waals surface area contributed by atoms with Crippen molar-refractivity contribution in [2.75, 3.05) is 25.1 Å². The first-order chi connectivity index (χ1) is 8.81. The number of esters is 1. The molecule has 0 saturated carbocycles. The predicted molar refractivity (Wildman–Crippen MR) is 66.4 cm³/mol. The number of rotatable bonds is 6. The number of aromatic nitrogens is 1. The van der Waals surface area contributed by atoms with Crippen molar-refractivity contribution in [2.24, 2.45) is 0 Å². The fourth-order valence-corrected chi connectivity index (χ4v) is 2.21. The zero-order valence-corrected chi connectivity index (χ0v) is 11.5. The fourth-order valence-electron chi connectivity index (χ4n) is 1.39. The average molecular weight is 296 g/mol. The van der Waals surface area contributed by atoms with E-state index >= 15 is 0 Å². The number of alkyl halides is 3. The molecule has 0 spiro atoms. The summed E-state index contributed by atoms with van der Waals surface area (Å²) in [6, 6.07) is 0. The second-order valence-electron chi connectivity index (χ2n) is 3.90. The highest BCUT2D eigenvalue weighted by Gasteiger charge is 2.30. The summed E-state index contributed by atoms with van der Waals surface area (Å²) < 4.78 is 41.4. The van der Waals surface area contributed by atoms with Gasteiger partial charge in [0.15, 0.2) is 5.13 Å². The number of nitrogens with zero attached hydrogens (tertiary/aromatic N) is 2. The van der Waals surface area contributed by atoms with Crippen LogP contribution in [0, 0.1) is 0 Å². The second kappa shape index (κ2) is 6.74. The van der Waals surface area contributed by atoms with E-state index < -0.39 is 12.7 Å². The summed E-state index contributed by atoms with van der Waals surface area (Å²) in [5.74, 6) is -0.333. The van der Waals surface area contributed by atoms with Gasteiger partial charge in [0.25, 0.3) is 0 Å². The maximum atomic E-state index is 12.2. The summed E-state index contributed by atoms with van der Waals surface area (Å²) in [6.45, 7) is 0.984. The molecule has 1 aromatic rings. The highest BCUT2D eigenvalue weighted by molar-refractivity contribution is 7.13. The lowest BCUT2D eigenvalue weighted by molar-refractivity contribution is -0.143. The van der Waals surface area contributed by atoms with Gasteiger partial charge in [0, 0.05) is 18.8 Å². The minimum atomic E-state index is -4.26. The molecule has 0 amide bonds. The molecule has 0 saturated heterocycles. The molecule has 0 aliphatic heterocycles. The number of hydrogen-bond donors (Lipinski definition) is 0. The minimum Gasteiger partial charge on any atom is -0.466 e. The Morgan fingerprint density at radius 1 is 1.53 bits per heavy atom. The first-order valence-electron chi connectivity index (χ1n) is 5.69. The summed E-state index contributed by atoms with van der Waals surface area (Å²) >= 11 is 1.13. The van der Waals surface area contributed by atoms with Crippen LogP contribution >= 0.6 is 11.3 Å². The summed E-state index contributed by atoms with van der Waals surface area (Å²) in [5.41, 5.74) is 0.599. The van der Waals surface area contributed by atoms with Crippen molar-refractivity contribution in [3.05, 3.63) is 11.1 Å². The van der Waals surface area contributed by atoms with Gasteiger partial charge in [0.1, 0.15) is 6.54 Å². The zero-order chi connectivity index (χ0) is 14.5. The number of halogens is 3. The van der Waals surface area contributed by atoms with E-state index in [-0.39, 0.29) is 17.5 Å². The number of carbonyl (C=O) groups excluding carboxylic acids is 1. The molecule has 0 atom stereocenters. The van der Waals surface area contributed by atoms with E-state index in [1.54, 1.807) is 12.3 Å². The van der Waals surface area contributed by atoms with Gasteiger partial charge in [0.05, 0.1) is 18.7 Å². The van der Waals surface area contributed by atoms with Crippen LogP contribution in [0.3, 0.4) is 0 Å². The van der Waals surface area contributed by atoms with Gasteiger partial charge in [-0.25, -0.2) is 4.98 Å². The van der Waals surface area contributed by atoms with Gasteiger partial charge in [-0.1, -0.05) is 0 Å². The van der Waals surface area contributed by atoms with Gasteiger partial charge < -0.3 is 9.64 Å². The lowest BCUT2D eigenvalue weighted by Gasteiger charge is -2.17. The Labute approximate surface area is 113 Å². The predicted octanol–water partition coefficient (Wildman–Crippen LogP) is 2.64. The quantitative estimate of drug-likeness (QED) is 0.757. The SMILES string of the molecule is CCOC(=O)CCc1csc(N(C)CC(F)(F)F)n1. The molecule has 0 bridgehead atoms. The summed E-state index contributed by atoms with van der Waals surface area (Å²) in [5, 5.41) is 1.94. The average Bonchev–Trinajstić information content (AvgIpc) is 2.73. The van der Waals surface area contributed by atoms with Crippen molar-refractivity contribution in [3.8, 4) is 0 Å². The van der Waals surface area contributed by atoms with Crippen molar-refractivity contribution in [2.45, 2.75) is 25.9 Å². The molecule has 19 heavy (non-hydrogen) atoms. The minimum absolute atomic E-state index is 0.181. The van der Waals surface area contributed by atoms with Crippen LogP contribution in [-0.2, 0) is 16.0 Å². The molecule has 0 aromatic carbocycles. The molecular weight excluding hydrogens is 281 g/mol. The van der Waals surface area contributed by atoms with Crippen LogP contribution in [0.5, 0.6) is 0 Å². The van der Waals surface area contributed by atoms with Crippen molar-refractivity contribution in [3.63, 3.8) is 0 Å².